The van der Waals surface area contributed by atoms with Gasteiger partial charge in [0.05, 0.1) is 9.82 Å². The molecule has 0 fully saturated rings. The summed E-state index contributed by atoms with van der Waals surface area (Å²) in [4.78, 5) is 10.8. The standard InChI is InChI=1S/C23H21N3O4S/c1-16(2)23-14-18(13-20(15-24)31(29,30)19-9-5-4-6-10-19)17(3)25(23)21-11-7-8-12-22(21)26(27)28/h4-14,16H,1-3H3/b20-13+. The molecule has 1 aromatic heterocycles. The van der Waals surface area contributed by atoms with Crippen molar-refractivity contribution in [2.45, 2.75) is 31.6 Å². The Morgan fingerprint density at radius 2 is 1.74 bits per heavy atom. The summed E-state index contributed by atoms with van der Waals surface area (Å²) in [5.41, 5.74) is 2.22. The first-order chi connectivity index (χ1) is 14.7. The van der Waals surface area contributed by atoms with Crippen LogP contribution in [0.4, 0.5) is 5.69 Å². The predicted octanol–water partition coefficient (Wildman–Crippen LogP) is 5.16. The van der Waals surface area contributed by atoms with Crippen LogP contribution in [0, 0.1) is 28.4 Å². The van der Waals surface area contributed by atoms with Gasteiger partial charge in [-0.05, 0) is 48.7 Å². The van der Waals surface area contributed by atoms with Gasteiger partial charge in [0, 0.05) is 17.5 Å². The van der Waals surface area contributed by atoms with Crippen LogP contribution in [0.2, 0.25) is 0 Å². The molecule has 158 valence electrons. The number of nitro groups is 1. The summed E-state index contributed by atoms with van der Waals surface area (Å²) in [5, 5.41) is 21.2. The Bertz CT molecular complexity index is 1310. The number of nitriles is 1. The van der Waals surface area contributed by atoms with E-state index < -0.39 is 19.7 Å². The highest BCUT2D eigenvalue weighted by atomic mass is 32.2. The molecule has 0 amide bonds. The SMILES string of the molecule is Cc1c(/C=C(\C#N)S(=O)(=O)c2ccccc2)cc(C(C)C)n1-c1ccccc1[N+](=O)[O-]. The summed E-state index contributed by atoms with van der Waals surface area (Å²) in [6, 6.07) is 17.7. The third kappa shape index (κ3) is 4.13. The van der Waals surface area contributed by atoms with E-state index in [0.717, 1.165) is 5.69 Å². The molecule has 0 N–H and O–H groups in total. The number of nitrogens with zero attached hydrogens (tertiary/aromatic N) is 3. The van der Waals surface area contributed by atoms with Crippen molar-refractivity contribution in [1.82, 2.24) is 4.57 Å². The van der Waals surface area contributed by atoms with Crippen molar-refractivity contribution < 1.29 is 13.3 Å². The zero-order valence-electron chi connectivity index (χ0n) is 17.3. The first-order valence-electron chi connectivity index (χ1n) is 9.56. The quantitative estimate of drug-likeness (QED) is 0.302. The maximum absolute atomic E-state index is 12.9. The number of hydrogen-bond donors (Lipinski definition) is 0. The third-order valence-corrected chi connectivity index (χ3v) is 6.65. The van der Waals surface area contributed by atoms with E-state index in [0.29, 0.717) is 16.9 Å². The molecule has 0 aliphatic carbocycles. The summed E-state index contributed by atoms with van der Waals surface area (Å²) in [6.07, 6.45) is 1.33. The Labute approximate surface area is 181 Å². The highest BCUT2D eigenvalue weighted by molar-refractivity contribution is 7.95. The lowest BCUT2D eigenvalue weighted by atomic mass is 10.1. The lowest BCUT2D eigenvalue weighted by molar-refractivity contribution is -0.384. The second-order valence-corrected chi connectivity index (χ2v) is 9.20. The molecule has 0 saturated carbocycles. The monoisotopic (exact) mass is 435 g/mol. The van der Waals surface area contributed by atoms with Crippen molar-refractivity contribution in [1.29, 1.82) is 5.26 Å². The van der Waals surface area contributed by atoms with E-state index >= 15 is 0 Å². The maximum Gasteiger partial charge on any atom is 0.293 e. The minimum atomic E-state index is -3.99. The van der Waals surface area contributed by atoms with Crippen LogP contribution in [0.5, 0.6) is 0 Å². The van der Waals surface area contributed by atoms with E-state index in [4.69, 9.17) is 0 Å². The van der Waals surface area contributed by atoms with E-state index in [-0.39, 0.29) is 16.5 Å². The van der Waals surface area contributed by atoms with Crippen LogP contribution in [-0.4, -0.2) is 17.9 Å². The normalized spacial score (nSPS) is 12.0. The molecule has 0 aliphatic rings. The molecule has 8 heteroatoms. The Morgan fingerprint density at radius 1 is 1.13 bits per heavy atom. The lowest BCUT2D eigenvalue weighted by Crippen LogP contribution is -2.06. The van der Waals surface area contributed by atoms with Crippen LogP contribution >= 0.6 is 0 Å². The summed E-state index contributed by atoms with van der Waals surface area (Å²) >= 11 is 0. The number of sulfone groups is 1. The number of rotatable bonds is 6. The minimum absolute atomic E-state index is 0.00285. The van der Waals surface area contributed by atoms with Crippen molar-refractivity contribution in [3.63, 3.8) is 0 Å². The zero-order chi connectivity index (χ0) is 22.8. The molecule has 2 aromatic carbocycles. The van der Waals surface area contributed by atoms with E-state index in [2.05, 4.69) is 0 Å². The summed E-state index contributed by atoms with van der Waals surface area (Å²) in [7, 11) is -3.99. The molecule has 0 atom stereocenters. The fraction of sp³-hybridized carbons (Fsp3) is 0.174. The molecule has 3 aromatic rings. The molecule has 0 unspecified atom stereocenters. The minimum Gasteiger partial charge on any atom is -0.311 e. The predicted molar refractivity (Wildman–Crippen MR) is 118 cm³/mol. The largest absolute Gasteiger partial charge is 0.311 e. The van der Waals surface area contributed by atoms with Gasteiger partial charge in [-0.3, -0.25) is 10.1 Å². The fourth-order valence-corrected chi connectivity index (χ4v) is 4.56. The van der Waals surface area contributed by atoms with Crippen LogP contribution in [0.3, 0.4) is 0 Å². The molecular formula is C23H21N3O4S. The third-order valence-electron chi connectivity index (χ3n) is 4.97. The Hall–Kier alpha value is -3.70. The fourth-order valence-electron chi connectivity index (χ4n) is 3.39. The molecule has 0 aliphatic heterocycles. The summed E-state index contributed by atoms with van der Waals surface area (Å²) < 4.78 is 27.6. The van der Waals surface area contributed by atoms with Gasteiger partial charge in [0.25, 0.3) is 5.69 Å². The van der Waals surface area contributed by atoms with Crippen molar-refractivity contribution in [2.24, 2.45) is 0 Å². The van der Waals surface area contributed by atoms with E-state index in [1.54, 1.807) is 60.0 Å². The summed E-state index contributed by atoms with van der Waals surface area (Å²) in [6.45, 7) is 5.64. The van der Waals surface area contributed by atoms with Crippen molar-refractivity contribution in [3.05, 3.63) is 92.6 Å². The van der Waals surface area contributed by atoms with Gasteiger partial charge in [0.1, 0.15) is 16.7 Å². The Balaban J connectivity index is 2.24. The topological polar surface area (TPSA) is 106 Å². The number of aromatic nitrogens is 1. The van der Waals surface area contributed by atoms with Gasteiger partial charge < -0.3 is 4.57 Å². The lowest BCUT2D eigenvalue weighted by Gasteiger charge is -2.14. The molecule has 0 radical (unpaired) electrons. The van der Waals surface area contributed by atoms with E-state index in [9.17, 15) is 23.8 Å². The maximum atomic E-state index is 12.9. The van der Waals surface area contributed by atoms with Crippen LogP contribution < -0.4 is 0 Å². The second kappa shape index (κ2) is 8.58. The van der Waals surface area contributed by atoms with Crippen LogP contribution in [0.15, 0.2) is 70.5 Å². The van der Waals surface area contributed by atoms with E-state index in [1.807, 2.05) is 13.8 Å². The highest BCUT2D eigenvalue weighted by Gasteiger charge is 2.24. The van der Waals surface area contributed by atoms with Crippen LogP contribution in [0.25, 0.3) is 11.8 Å². The zero-order valence-corrected chi connectivity index (χ0v) is 18.1. The summed E-state index contributed by atoms with van der Waals surface area (Å²) in [5.74, 6) is -0.00285. The number of hydrogen-bond acceptors (Lipinski definition) is 5. The van der Waals surface area contributed by atoms with Gasteiger partial charge in [0.15, 0.2) is 0 Å². The molecule has 3 rings (SSSR count). The molecular weight excluding hydrogens is 414 g/mol. The van der Waals surface area contributed by atoms with Gasteiger partial charge in [-0.15, -0.1) is 0 Å². The Kier molecular flexibility index (Phi) is 6.09. The average molecular weight is 436 g/mol. The van der Waals surface area contributed by atoms with Gasteiger partial charge >= 0.3 is 0 Å². The molecule has 0 saturated heterocycles. The number of allylic oxidation sites excluding steroid dienone is 1. The van der Waals surface area contributed by atoms with Crippen LogP contribution in [-0.2, 0) is 9.84 Å². The highest BCUT2D eigenvalue weighted by Crippen LogP contribution is 2.33. The number of benzene rings is 2. The first kappa shape index (κ1) is 22.0. The Morgan fingerprint density at radius 3 is 2.32 bits per heavy atom. The number of para-hydroxylation sites is 2. The molecule has 0 spiro atoms. The average Bonchev–Trinajstić information content (AvgIpc) is 3.08. The molecule has 7 nitrogen and oxygen atoms in total. The number of nitro benzene ring substituents is 1. The van der Waals surface area contributed by atoms with Crippen LogP contribution in [0.1, 0.15) is 36.7 Å². The second-order valence-electron chi connectivity index (χ2n) is 7.28. The molecule has 1 heterocycles. The van der Waals surface area contributed by atoms with Crippen molar-refractivity contribution in [3.8, 4) is 11.8 Å². The molecule has 31 heavy (non-hydrogen) atoms. The van der Waals surface area contributed by atoms with Gasteiger partial charge in [0.2, 0.25) is 9.84 Å². The van der Waals surface area contributed by atoms with Gasteiger partial charge in [-0.25, -0.2) is 8.42 Å². The van der Waals surface area contributed by atoms with Crippen molar-refractivity contribution >= 4 is 21.6 Å². The van der Waals surface area contributed by atoms with E-state index in [1.165, 1.54) is 24.3 Å². The van der Waals surface area contributed by atoms with Crippen molar-refractivity contribution in [2.75, 3.05) is 0 Å². The smallest absolute Gasteiger partial charge is 0.293 e. The van der Waals surface area contributed by atoms with Gasteiger partial charge in [-0.1, -0.05) is 44.2 Å². The van der Waals surface area contributed by atoms with Gasteiger partial charge in [-0.2, -0.15) is 5.26 Å². The first-order valence-corrected chi connectivity index (χ1v) is 11.0. The molecule has 0 bridgehead atoms.